The van der Waals surface area contributed by atoms with Crippen LogP contribution >= 0.6 is 0 Å². The van der Waals surface area contributed by atoms with Crippen molar-refractivity contribution in [3.8, 4) is 0 Å². The summed E-state index contributed by atoms with van der Waals surface area (Å²) in [6, 6.07) is 6.08. The first-order chi connectivity index (χ1) is 16.9. The molecular weight excluding hydrogens is 500 g/mol. The van der Waals surface area contributed by atoms with Crippen LogP contribution in [0, 0.1) is 29.6 Å². The predicted octanol–water partition coefficient (Wildman–Crippen LogP) is 3.18. The van der Waals surface area contributed by atoms with E-state index in [1.807, 2.05) is 13.8 Å². The zero-order valence-electron chi connectivity index (χ0n) is 20.4. The van der Waals surface area contributed by atoms with Gasteiger partial charge in [-0.1, -0.05) is 44.2 Å². The van der Waals surface area contributed by atoms with Crippen molar-refractivity contribution in [1.29, 1.82) is 10.8 Å². The minimum Gasteiger partial charge on any atom is -0.310 e. The van der Waals surface area contributed by atoms with Gasteiger partial charge in [0.2, 0.25) is 10.0 Å². The average Bonchev–Trinajstić information content (AvgIpc) is 3.26. The molecule has 1 fully saturated rings. The lowest BCUT2D eigenvalue weighted by atomic mass is 9.92. The highest BCUT2D eigenvalue weighted by Gasteiger charge is 2.39. The molecule has 1 aliphatic carbocycles. The van der Waals surface area contributed by atoms with Crippen LogP contribution < -0.4 is 4.72 Å². The van der Waals surface area contributed by atoms with Crippen LogP contribution in [0.3, 0.4) is 0 Å². The number of rotatable bonds is 7. The molecular formula is C24H32N6O4S2. The quantitative estimate of drug-likeness (QED) is 0.365. The molecule has 1 saturated carbocycles. The summed E-state index contributed by atoms with van der Waals surface area (Å²) in [4.78, 5) is 5.62. The maximum absolute atomic E-state index is 13.2. The van der Waals surface area contributed by atoms with Crippen molar-refractivity contribution in [3.05, 3.63) is 66.5 Å². The highest BCUT2D eigenvalue weighted by Crippen LogP contribution is 2.36. The minimum absolute atomic E-state index is 0.0461. The van der Waals surface area contributed by atoms with Crippen LogP contribution in [0.5, 0.6) is 0 Å². The summed E-state index contributed by atoms with van der Waals surface area (Å²) >= 11 is 0. The second-order valence-corrected chi connectivity index (χ2v) is 12.3. The Morgan fingerprint density at radius 2 is 1.89 bits per heavy atom. The molecule has 0 aromatic heterocycles. The molecule has 194 valence electrons. The summed E-state index contributed by atoms with van der Waals surface area (Å²) in [5.41, 5.74) is 0.922. The van der Waals surface area contributed by atoms with E-state index in [0.717, 1.165) is 21.7 Å². The normalized spacial score (nSPS) is 25.1. The zero-order chi connectivity index (χ0) is 26.7. The van der Waals surface area contributed by atoms with Crippen LogP contribution in [0.2, 0.25) is 0 Å². The maximum Gasteiger partial charge on any atom is 0.269 e. The lowest BCUT2D eigenvalue weighted by molar-refractivity contribution is 0.435. The molecule has 0 unspecified atom stereocenters. The van der Waals surface area contributed by atoms with Crippen molar-refractivity contribution in [2.24, 2.45) is 16.8 Å². The van der Waals surface area contributed by atoms with Crippen molar-refractivity contribution in [1.82, 2.24) is 13.9 Å². The summed E-state index contributed by atoms with van der Waals surface area (Å²) in [6.45, 7) is 11.0. The summed E-state index contributed by atoms with van der Waals surface area (Å²) in [5.74, 6) is -0.263. The SMILES string of the molecule is C=CS(=O)(=O)N[C@H]1C[C@@H](CC)[C@@H](C(=N)N2C/C=C\N(S(=O)(=O)c3ccc(C)cc3)C(=C)/N=C\C2=N)C1. The number of aliphatic imine (C=N–C) groups is 1. The Labute approximate surface area is 213 Å². The van der Waals surface area contributed by atoms with E-state index in [9.17, 15) is 16.8 Å². The Balaban J connectivity index is 1.84. The van der Waals surface area contributed by atoms with Gasteiger partial charge in [0.25, 0.3) is 10.0 Å². The number of aryl methyl sites for hydroxylation is 1. The van der Waals surface area contributed by atoms with Crippen LogP contribution in [0.1, 0.15) is 31.7 Å². The lowest BCUT2D eigenvalue weighted by Crippen LogP contribution is -2.42. The fourth-order valence-corrected chi connectivity index (χ4v) is 6.48. The van der Waals surface area contributed by atoms with Crippen LogP contribution in [0.15, 0.2) is 70.8 Å². The fourth-order valence-electron chi connectivity index (χ4n) is 4.45. The first-order valence-corrected chi connectivity index (χ1v) is 14.5. The van der Waals surface area contributed by atoms with Crippen molar-refractivity contribution in [3.63, 3.8) is 0 Å². The summed E-state index contributed by atoms with van der Waals surface area (Å²) in [7, 11) is -7.58. The molecule has 1 aliphatic heterocycles. The highest BCUT2D eigenvalue weighted by atomic mass is 32.2. The number of hydrogen-bond donors (Lipinski definition) is 3. The van der Waals surface area contributed by atoms with Crippen molar-refractivity contribution in [2.45, 2.75) is 44.0 Å². The molecule has 2 aliphatic rings. The van der Waals surface area contributed by atoms with Gasteiger partial charge in [-0.15, -0.1) is 0 Å². The maximum atomic E-state index is 13.2. The number of sulfonamides is 2. The van der Waals surface area contributed by atoms with Gasteiger partial charge in [0.1, 0.15) is 17.5 Å². The van der Waals surface area contributed by atoms with E-state index in [1.165, 1.54) is 29.4 Å². The average molecular weight is 533 g/mol. The van der Waals surface area contributed by atoms with Gasteiger partial charge in [-0.05, 0) is 43.9 Å². The van der Waals surface area contributed by atoms with Gasteiger partial charge in [0.15, 0.2) is 0 Å². The minimum atomic E-state index is -3.98. The Morgan fingerprint density at radius 1 is 1.22 bits per heavy atom. The molecule has 3 rings (SSSR count). The van der Waals surface area contributed by atoms with E-state index in [-0.39, 0.29) is 46.8 Å². The van der Waals surface area contributed by atoms with Crippen LogP contribution in [0.25, 0.3) is 0 Å². The third-order valence-electron chi connectivity index (χ3n) is 6.40. The largest absolute Gasteiger partial charge is 0.310 e. The number of nitrogens with zero attached hydrogens (tertiary/aromatic N) is 3. The van der Waals surface area contributed by atoms with E-state index < -0.39 is 20.0 Å². The van der Waals surface area contributed by atoms with Gasteiger partial charge in [-0.3, -0.25) is 10.8 Å². The Morgan fingerprint density at radius 3 is 2.50 bits per heavy atom. The molecule has 0 amide bonds. The van der Waals surface area contributed by atoms with Gasteiger partial charge >= 0.3 is 0 Å². The van der Waals surface area contributed by atoms with Gasteiger partial charge < -0.3 is 4.90 Å². The Hall–Kier alpha value is -3.09. The topological polar surface area (TPSA) is 147 Å². The number of hydrogen-bond acceptors (Lipinski definition) is 7. The van der Waals surface area contributed by atoms with Crippen molar-refractivity contribution < 1.29 is 16.8 Å². The Kier molecular flexibility index (Phi) is 8.32. The molecule has 1 aromatic rings. The molecule has 0 spiro atoms. The summed E-state index contributed by atoms with van der Waals surface area (Å²) in [6.07, 6.45) is 5.78. The van der Waals surface area contributed by atoms with Crippen molar-refractivity contribution in [2.75, 3.05) is 6.54 Å². The third kappa shape index (κ3) is 6.00. The predicted molar refractivity (Wildman–Crippen MR) is 142 cm³/mol. The summed E-state index contributed by atoms with van der Waals surface area (Å²) < 4.78 is 53.9. The summed E-state index contributed by atoms with van der Waals surface area (Å²) in [5, 5.41) is 18.2. The molecule has 0 bridgehead atoms. The van der Waals surface area contributed by atoms with Gasteiger partial charge in [0, 0.05) is 30.1 Å². The number of amidine groups is 2. The first kappa shape index (κ1) is 27.5. The van der Waals surface area contributed by atoms with E-state index >= 15 is 0 Å². The van der Waals surface area contributed by atoms with Crippen molar-refractivity contribution >= 4 is 37.9 Å². The van der Waals surface area contributed by atoms with E-state index in [1.54, 1.807) is 18.2 Å². The van der Waals surface area contributed by atoms with Crippen LogP contribution in [-0.2, 0) is 20.0 Å². The fraction of sp³-hybridized carbons (Fsp3) is 0.375. The number of benzene rings is 1. The van der Waals surface area contributed by atoms with Gasteiger partial charge in [0.05, 0.1) is 11.1 Å². The second kappa shape index (κ2) is 10.9. The molecule has 0 radical (unpaired) electrons. The third-order valence-corrected chi connectivity index (χ3v) is 9.22. The zero-order valence-corrected chi connectivity index (χ0v) is 22.0. The lowest BCUT2D eigenvalue weighted by Gasteiger charge is -2.29. The standard InChI is InChI=1S/C24H32N6O4S2/c1-5-19-14-20(28-35(31,32)6-2)15-22(19)24(26)29-12-7-13-30(18(4)27-16-23(29)25)36(33,34)21-10-8-17(3)9-11-21/h6-11,13,16,19-20,22,25-26,28H,2,4-5,12,14-15H2,1,3H3/b13-7-,25-23?,26-24?,27-16-/t19-,20+,22+/m1/s1. The van der Waals surface area contributed by atoms with E-state index in [2.05, 4.69) is 22.9 Å². The molecule has 3 N–H and O–H groups in total. The molecule has 0 saturated heterocycles. The molecule has 36 heavy (non-hydrogen) atoms. The van der Waals surface area contributed by atoms with Crippen LogP contribution in [0.4, 0.5) is 0 Å². The van der Waals surface area contributed by atoms with Gasteiger partial charge in [-0.2, -0.15) is 0 Å². The monoisotopic (exact) mass is 532 g/mol. The number of nitrogens with one attached hydrogen (secondary N) is 3. The Bertz CT molecular complexity index is 1320. The van der Waals surface area contributed by atoms with Gasteiger partial charge in [-0.25, -0.2) is 30.9 Å². The molecule has 1 heterocycles. The highest BCUT2D eigenvalue weighted by molar-refractivity contribution is 7.92. The van der Waals surface area contributed by atoms with Crippen LogP contribution in [-0.4, -0.2) is 56.5 Å². The first-order valence-electron chi connectivity index (χ1n) is 11.5. The molecule has 12 heteroatoms. The second-order valence-electron chi connectivity index (χ2n) is 8.83. The van der Waals surface area contributed by atoms with E-state index in [0.29, 0.717) is 12.8 Å². The smallest absolute Gasteiger partial charge is 0.269 e. The molecule has 3 atom stereocenters. The van der Waals surface area contributed by atoms with E-state index in [4.69, 9.17) is 10.8 Å². The molecule has 10 nitrogen and oxygen atoms in total. The molecule has 1 aromatic carbocycles.